The lowest BCUT2D eigenvalue weighted by molar-refractivity contribution is -0.119. The van der Waals surface area contributed by atoms with E-state index in [0.29, 0.717) is 6.54 Å². The summed E-state index contributed by atoms with van der Waals surface area (Å²) in [5.41, 5.74) is 0. The van der Waals surface area contributed by atoms with Crippen molar-refractivity contribution >= 4 is 0 Å². The molecule has 104 valence electrons. The van der Waals surface area contributed by atoms with E-state index in [-0.39, 0.29) is 18.0 Å². The van der Waals surface area contributed by atoms with Gasteiger partial charge in [0, 0.05) is 30.5 Å². The molecule has 2 heterocycles. The molecule has 0 aromatic rings. The second-order valence-corrected chi connectivity index (χ2v) is 5.05. The van der Waals surface area contributed by atoms with E-state index in [2.05, 4.69) is 10.6 Å². The summed E-state index contributed by atoms with van der Waals surface area (Å²) < 4.78 is 0. The van der Waals surface area contributed by atoms with Gasteiger partial charge in [0.1, 0.15) is 0 Å². The van der Waals surface area contributed by atoms with Crippen LogP contribution in [0.3, 0.4) is 0 Å². The molecule has 6 heteroatoms. The van der Waals surface area contributed by atoms with Crippen LogP contribution in [0.2, 0.25) is 0 Å². The summed E-state index contributed by atoms with van der Waals surface area (Å²) in [5, 5.41) is 44.2. The van der Waals surface area contributed by atoms with Gasteiger partial charge in [-0.05, 0) is 19.4 Å². The van der Waals surface area contributed by atoms with Gasteiger partial charge in [0.15, 0.2) is 12.6 Å². The Balaban J connectivity index is 2.13. The van der Waals surface area contributed by atoms with Crippen LogP contribution in [0.5, 0.6) is 0 Å². The van der Waals surface area contributed by atoms with E-state index in [4.69, 9.17) is 0 Å². The Kier molecular flexibility index (Phi) is 4.71. The molecule has 0 aromatic carbocycles. The Morgan fingerprint density at radius 3 is 2.44 bits per heavy atom. The third-order valence-corrected chi connectivity index (χ3v) is 3.91. The summed E-state index contributed by atoms with van der Waals surface area (Å²) in [6.45, 7) is 1.46. The topological polar surface area (TPSA) is 105 Å². The predicted octanol–water partition coefficient (Wildman–Crippen LogP) is -1.88. The highest BCUT2D eigenvalue weighted by atomic mass is 16.5. The van der Waals surface area contributed by atoms with Gasteiger partial charge in [-0.25, -0.2) is 0 Å². The lowest BCUT2D eigenvalue weighted by Crippen LogP contribution is -2.61. The van der Waals surface area contributed by atoms with Crippen LogP contribution in [0.4, 0.5) is 0 Å². The maximum Gasteiger partial charge on any atom is 0.159 e. The number of aliphatic hydroxyl groups is 4. The van der Waals surface area contributed by atoms with E-state index in [1.165, 1.54) is 0 Å². The molecule has 4 atom stereocenters. The zero-order valence-electron chi connectivity index (χ0n) is 10.2. The SMILES string of the molecule is OC(O)C1C=CCNC1C1NCCCC1C(O)O. The summed E-state index contributed by atoms with van der Waals surface area (Å²) in [6, 6.07) is -0.377. The monoisotopic (exact) mass is 258 g/mol. The van der Waals surface area contributed by atoms with Gasteiger partial charge in [-0.3, -0.25) is 0 Å². The van der Waals surface area contributed by atoms with Gasteiger partial charge in [-0.1, -0.05) is 12.2 Å². The number of piperidine rings is 1. The zero-order chi connectivity index (χ0) is 13.1. The minimum atomic E-state index is -1.45. The van der Waals surface area contributed by atoms with Crippen LogP contribution in [0, 0.1) is 11.8 Å². The maximum absolute atomic E-state index is 9.45. The van der Waals surface area contributed by atoms with Crippen molar-refractivity contribution in [1.82, 2.24) is 10.6 Å². The first-order chi connectivity index (χ1) is 8.61. The van der Waals surface area contributed by atoms with Crippen LogP contribution >= 0.6 is 0 Å². The molecule has 0 aliphatic carbocycles. The Morgan fingerprint density at radius 2 is 1.78 bits per heavy atom. The standard InChI is InChI=1S/C12H22N2O4/c15-11(16)7-3-1-5-13-9(7)10-8(12(17)18)4-2-6-14-10/h1,3,7-18H,2,4-6H2. The fraction of sp³-hybridized carbons (Fsp3) is 0.833. The van der Waals surface area contributed by atoms with Crippen molar-refractivity contribution in [3.8, 4) is 0 Å². The Bertz CT molecular complexity index is 296. The van der Waals surface area contributed by atoms with Gasteiger partial charge in [0.05, 0.1) is 0 Å². The molecule has 18 heavy (non-hydrogen) atoms. The van der Waals surface area contributed by atoms with Crippen molar-refractivity contribution in [2.45, 2.75) is 37.5 Å². The number of hydrogen-bond acceptors (Lipinski definition) is 6. The Morgan fingerprint density at radius 1 is 1.00 bits per heavy atom. The molecule has 6 nitrogen and oxygen atoms in total. The molecule has 0 amide bonds. The highest BCUT2D eigenvalue weighted by Crippen LogP contribution is 2.27. The van der Waals surface area contributed by atoms with Crippen molar-refractivity contribution in [3.63, 3.8) is 0 Å². The van der Waals surface area contributed by atoms with Gasteiger partial charge >= 0.3 is 0 Å². The quantitative estimate of drug-likeness (QED) is 0.261. The van der Waals surface area contributed by atoms with Gasteiger partial charge in [0.2, 0.25) is 0 Å². The van der Waals surface area contributed by atoms with Crippen molar-refractivity contribution in [2.24, 2.45) is 11.8 Å². The smallest absolute Gasteiger partial charge is 0.159 e. The molecule has 0 bridgehead atoms. The fourth-order valence-corrected chi connectivity index (χ4v) is 3.00. The first-order valence-electron chi connectivity index (χ1n) is 6.47. The summed E-state index contributed by atoms with van der Waals surface area (Å²) in [5.74, 6) is -0.723. The van der Waals surface area contributed by atoms with Crippen molar-refractivity contribution in [2.75, 3.05) is 13.1 Å². The molecule has 0 spiro atoms. The van der Waals surface area contributed by atoms with Gasteiger partial charge in [0.25, 0.3) is 0 Å². The van der Waals surface area contributed by atoms with Crippen molar-refractivity contribution in [3.05, 3.63) is 12.2 Å². The second kappa shape index (κ2) is 6.10. The summed E-state index contributed by atoms with van der Waals surface area (Å²) in [7, 11) is 0. The summed E-state index contributed by atoms with van der Waals surface area (Å²) >= 11 is 0. The highest BCUT2D eigenvalue weighted by molar-refractivity contribution is 5.07. The summed E-state index contributed by atoms with van der Waals surface area (Å²) in [6.07, 6.45) is 2.43. The van der Waals surface area contributed by atoms with E-state index in [9.17, 15) is 20.4 Å². The molecular weight excluding hydrogens is 236 g/mol. The predicted molar refractivity (Wildman–Crippen MR) is 65.4 cm³/mol. The third kappa shape index (κ3) is 2.90. The number of rotatable bonds is 3. The van der Waals surface area contributed by atoms with Crippen molar-refractivity contribution < 1.29 is 20.4 Å². The average Bonchev–Trinajstić information content (AvgIpc) is 2.38. The minimum Gasteiger partial charge on any atom is -0.368 e. The highest BCUT2D eigenvalue weighted by Gasteiger charge is 2.40. The van der Waals surface area contributed by atoms with Crippen LogP contribution < -0.4 is 10.6 Å². The van der Waals surface area contributed by atoms with E-state index >= 15 is 0 Å². The molecule has 0 saturated carbocycles. The molecule has 1 saturated heterocycles. The van der Waals surface area contributed by atoms with Crippen LogP contribution in [0.15, 0.2) is 12.2 Å². The summed E-state index contributed by atoms with van der Waals surface area (Å²) in [4.78, 5) is 0. The molecule has 0 aromatic heterocycles. The zero-order valence-corrected chi connectivity index (χ0v) is 10.2. The minimum absolute atomic E-state index is 0.171. The van der Waals surface area contributed by atoms with E-state index in [0.717, 1.165) is 19.4 Å². The number of nitrogens with one attached hydrogen (secondary N) is 2. The van der Waals surface area contributed by atoms with Gasteiger partial charge in [-0.15, -0.1) is 0 Å². The molecule has 4 unspecified atom stereocenters. The van der Waals surface area contributed by atoms with Gasteiger partial charge < -0.3 is 31.1 Å². The van der Waals surface area contributed by atoms with E-state index < -0.39 is 18.5 Å². The largest absolute Gasteiger partial charge is 0.368 e. The molecule has 2 aliphatic rings. The molecule has 2 rings (SSSR count). The molecule has 2 aliphatic heterocycles. The van der Waals surface area contributed by atoms with Crippen molar-refractivity contribution in [1.29, 1.82) is 0 Å². The van der Waals surface area contributed by atoms with E-state index in [1.807, 2.05) is 6.08 Å². The molecular formula is C12H22N2O4. The van der Waals surface area contributed by atoms with Crippen LogP contribution in [-0.4, -0.2) is 58.2 Å². The molecule has 1 fully saturated rings. The first kappa shape index (κ1) is 13.9. The lowest BCUT2D eigenvalue weighted by atomic mass is 9.79. The normalized spacial score (nSPS) is 37.4. The number of hydrogen-bond donors (Lipinski definition) is 6. The average molecular weight is 258 g/mol. The van der Waals surface area contributed by atoms with Crippen LogP contribution in [0.1, 0.15) is 12.8 Å². The third-order valence-electron chi connectivity index (χ3n) is 3.91. The Hall–Kier alpha value is -0.500. The van der Waals surface area contributed by atoms with Gasteiger partial charge in [-0.2, -0.15) is 0 Å². The van der Waals surface area contributed by atoms with E-state index in [1.54, 1.807) is 6.08 Å². The van der Waals surface area contributed by atoms with Crippen LogP contribution in [0.25, 0.3) is 0 Å². The maximum atomic E-state index is 9.45. The first-order valence-corrected chi connectivity index (χ1v) is 6.47. The molecule has 0 radical (unpaired) electrons. The fourth-order valence-electron chi connectivity index (χ4n) is 3.00. The second-order valence-electron chi connectivity index (χ2n) is 5.05. The van der Waals surface area contributed by atoms with Crippen LogP contribution in [-0.2, 0) is 0 Å². The molecule has 6 N–H and O–H groups in total. The number of aliphatic hydroxyl groups excluding tert-OH is 2. The lowest BCUT2D eigenvalue weighted by Gasteiger charge is -2.43. The Labute approximate surface area is 106 Å².